The van der Waals surface area contributed by atoms with Crippen LogP contribution in [-0.4, -0.2) is 24.9 Å². The Morgan fingerprint density at radius 3 is 2.40 bits per heavy atom. The van der Waals surface area contributed by atoms with Gasteiger partial charge in [-0.3, -0.25) is 0 Å². The first kappa shape index (κ1) is 22.0. The molecular formula is C22H21ClF3NO3. The van der Waals surface area contributed by atoms with E-state index in [1.54, 1.807) is 37.4 Å². The minimum atomic E-state index is -4.47. The van der Waals surface area contributed by atoms with E-state index in [1.807, 2.05) is 19.1 Å². The highest BCUT2D eigenvalue weighted by molar-refractivity contribution is 6.31. The molecule has 0 N–H and O–H groups in total. The van der Waals surface area contributed by atoms with Crippen molar-refractivity contribution in [2.45, 2.75) is 32.5 Å². The summed E-state index contributed by atoms with van der Waals surface area (Å²) in [5, 5.41) is 0.808. The maximum atomic E-state index is 12.9. The summed E-state index contributed by atoms with van der Waals surface area (Å²) in [6.07, 6.45) is -3.35. The van der Waals surface area contributed by atoms with Crippen LogP contribution in [0.25, 0.3) is 10.9 Å². The molecule has 0 aliphatic rings. The molecule has 3 aromatic rings. The van der Waals surface area contributed by atoms with E-state index in [0.29, 0.717) is 40.1 Å². The number of halogens is 4. The molecule has 0 saturated carbocycles. The second-order valence-corrected chi connectivity index (χ2v) is 7.11. The molecule has 0 radical (unpaired) electrons. The van der Waals surface area contributed by atoms with Gasteiger partial charge in [-0.25, -0.2) is 4.98 Å². The van der Waals surface area contributed by atoms with Gasteiger partial charge in [0, 0.05) is 10.4 Å². The number of aromatic nitrogens is 1. The van der Waals surface area contributed by atoms with E-state index in [9.17, 15) is 13.2 Å². The average molecular weight is 440 g/mol. The van der Waals surface area contributed by atoms with Crippen molar-refractivity contribution in [1.82, 2.24) is 4.98 Å². The molecule has 0 atom stereocenters. The number of hydrogen-bond donors (Lipinski definition) is 0. The maximum Gasteiger partial charge on any atom is 0.422 e. The van der Waals surface area contributed by atoms with E-state index < -0.39 is 12.8 Å². The van der Waals surface area contributed by atoms with Crippen LogP contribution < -0.4 is 14.2 Å². The standard InChI is InChI=1S/C22H21ClF3NO3/c1-3-4-17-20(30-13-22(24,25)26)18-11-15(23)7-10-19(18)27-21(17)29-12-14-5-8-16(28-2)9-6-14/h5-11H,3-4,12-13H2,1-2H3. The van der Waals surface area contributed by atoms with Gasteiger partial charge < -0.3 is 14.2 Å². The summed E-state index contributed by atoms with van der Waals surface area (Å²) in [5.41, 5.74) is 1.81. The van der Waals surface area contributed by atoms with Crippen molar-refractivity contribution in [1.29, 1.82) is 0 Å². The predicted molar refractivity (Wildman–Crippen MR) is 110 cm³/mol. The van der Waals surface area contributed by atoms with Crippen LogP contribution in [0.15, 0.2) is 42.5 Å². The largest absolute Gasteiger partial charge is 0.497 e. The molecule has 4 nitrogen and oxygen atoms in total. The minimum absolute atomic E-state index is 0.103. The SMILES string of the molecule is CCCc1c(OCc2ccc(OC)cc2)nc2ccc(Cl)cc2c1OCC(F)(F)F. The lowest BCUT2D eigenvalue weighted by Gasteiger charge is -2.19. The second-order valence-electron chi connectivity index (χ2n) is 6.68. The van der Waals surface area contributed by atoms with Crippen LogP contribution in [0.1, 0.15) is 24.5 Å². The van der Waals surface area contributed by atoms with E-state index >= 15 is 0 Å². The quantitative estimate of drug-likeness (QED) is 0.409. The van der Waals surface area contributed by atoms with Gasteiger partial charge in [0.25, 0.3) is 0 Å². The molecule has 30 heavy (non-hydrogen) atoms. The lowest BCUT2D eigenvalue weighted by molar-refractivity contribution is -0.153. The number of alkyl halides is 3. The highest BCUT2D eigenvalue weighted by Gasteiger charge is 2.30. The lowest BCUT2D eigenvalue weighted by Crippen LogP contribution is -2.20. The van der Waals surface area contributed by atoms with Crippen LogP contribution in [0, 0.1) is 0 Å². The van der Waals surface area contributed by atoms with E-state index in [0.717, 1.165) is 5.56 Å². The van der Waals surface area contributed by atoms with Crippen LogP contribution in [0.5, 0.6) is 17.4 Å². The van der Waals surface area contributed by atoms with Crippen molar-refractivity contribution in [2.24, 2.45) is 0 Å². The zero-order valence-electron chi connectivity index (χ0n) is 16.6. The number of ether oxygens (including phenoxy) is 3. The third kappa shape index (κ3) is 5.48. The van der Waals surface area contributed by atoms with Crippen molar-refractivity contribution in [3.8, 4) is 17.4 Å². The second kappa shape index (κ2) is 9.43. The molecule has 2 aromatic carbocycles. The van der Waals surface area contributed by atoms with Crippen molar-refractivity contribution < 1.29 is 27.4 Å². The highest BCUT2D eigenvalue weighted by Crippen LogP contribution is 2.38. The Bertz CT molecular complexity index is 1010. The molecule has 0 aliphatic heterocycles. The number of rotatable bonds is 8. The Balaban J connectivity index is 2.00. The van der Waals surface area contributed by atoms with Gasteiger partial charge in [0.2, 0.25) is 5.88 Å². The van der Waals surface area contributed by atoms with Crippen molar-refractivity contribution in [3.05, 3.63) is 58.6 Å². The molecule has 0 saturated heterocycles. The summed E-state index contributed by atoms with van der Waals surface area (Å²) >= 11 is 6.07. The third-order valence-electron chi connectivity index (χ3n) is 4.37. The van der Waals surface area contributed by atoms with E-state index in [1.165, 1.54) is 0 Å². The van der Waals surface area contributed by atoms with E-state index in [-0.39, 0.29) is 18.2 Å². The predicted octanol–water partition coefficient (Wildman–Crippen LogP) is 6.37. The highest BCUT2D eigenvalue weighted by atomic mass is 35.5. The van der Waals surface area contributed by atoms with Gasteiger partial charge in [-0.05, 0) is 42.3 Å². The number of hydrogen-bond acceptors (Lipinski definition) is 4. The van der Waals surface area contributed by atoms with Gasteiger partial charge in [-0.15, -0.1) is 0 Å². The number of fused-ring (bicyclic) bond motifs is 1. The minimum Gasteiger partial charge on any atom is -0.497 e. The normalized spacial score (nSPS) is 11.5. The smallest absolute Gasteiger partial charge is 0.422 e. The Hall–Kier alpha value is -2.67. The number of pyridine rings is 1. The molecule has 1 aromatic heterocycles. The monoisotopic (exact) mass is 439 g/mol. The molecule has 8 heteroatoms. The zero-order valence-corrected chi connectivity index (χ0v) is 17.3. The molecule has 0 fully saturated rings. The van der Waals surface area contributed by atoms with Crippen LogP contribution in [-0.2, 0) is 13.0 Å². The summed E-state index contributed by atoms with van der Waals surface area (Å²) in [6, 6.07) is 12.1. The molecule has 0 spiro atoms. The van der Waals surface area contributed by atoms with Crippen LogP contribution in [0.2, 0.25) is 5.02 Å². The maximum absolute atomic E-state index is 12.9. The molecule has 0 amide bonds. The van der Waals surface area contributed by atoms with Gasteiger partial charge in [0.05, 0.1) is 18.2 Å². The van der Waals surface area contributed by atoms with Crippen LogP contribution in [0.3, 0.4) is 0 Å². The Labute approximate surface area is 177 Å². The fourth-order valence-electron chi connectivity index (χ4n) is 3.01. The third-order valence-corrected chi connectivity index (χ3v) is 4.61. The molecular weight excluding hydrogens is 419 g/mol. The molecule has 3 rings (SSSR count). The first-order valence-corrected chi connectivity index (χ1v) is 9.76. The van der Waals surface area contributed by atoms with E-state index in [4.69, 9.17) is 25.8 Å². The van der Waals surface area contributed by atoms with Crippen molar-refractivity contribution >= 4 is 22.5 Å². The van der Waals surface area contributed by atoms with Gasteiger partial charge in [-0.2, -0.15) is 13.2 Å². The van der Waals surface area contributed by atoms with Gasteiger partial charge >= 0.3 is 6.18 Å². The lowest BCUT2D eigenvalue weighted by atomic mass is 10.1. The molecule has 0 unspecified atom stereocenters. The van der Waals surface area contributed by atoms with Gasteiger partial charge in [-0.1, -0.05) is 37.1 Å². The zero-order chi connectivity index (χ0) is 21.7. The average Bonchev–Trinajstić information content (AvgIpc) is 2.71. The summed E-state index contributed by atoms with van der Waals surface area (Å²) < 4.78 is 54.9. The molecule has 0 aliphatic carbocycles. The molecule has 0 bridgehead atoms. The summed E-state index contributed by atoms with van der Waals surface area (Å²) in [7, 11) is 1.58. The van der Waals surface area contributed by atoms with Gasteiger partial charge in [0.1, 0.15) is 18.1 Å². The number of benzene rings is 2. The first-order chi connectivity index (χ1) is 14.3. The molecule has 1 heterocycles. The Morgan fingerprint density at radius 1 is 1.03 bits per heavy atom. The summed E-state index contributed by atoms with van der Waals surface area (Å²) in [5.74, 6) is 1.07. The molecule has 160 valence electrons. The topological polar surface area (TPSA) is 40.6 Å². The summed E-state index contributed by atoms with van der Waals surface area (Å²) in [4.78, 5) is 4.52. The fourth-order valence-corrected chi connectivity index (χ4v) is 3.18. The van der Waals surface area contributed by atoms with Crippen LogP contribution in [0.4, 0.5) is 13.2 Å². The van der Waals surface area contributed by atoms with Gasteiger partial charge in [0.15, 0.2) is 6.61 Å². The van der Waals surface area contributed by atoms with E-state index in [2.05, 4.69) is 4.98 Å². The van der Waals surface area contributed by atoms with Crippen LogP contribution >= 0.6 is 11.6 Å². The Morgan fingerprint density at radius 2 is 1.77 bits per heavy atom. The number of methoxy groups -OCH3 is 1. The fraction of sp³-hybridized carbons (Fsp3) is 0.318. The number of nitrogens with zero attached hydrogens (tertiary/aromatic N) is 1. The van der Waals surface area contributed by atoms with Crippen molar-refractivity contribution in [3.63, 3.8) is 0 Å². The first-order valence-electron chi connectivity index (χ1n) is 9.38. The van der Waals surface area contributed by atoms with Crippen molar-refractivity contribution in [2.75, 3.05) is 13.7 Å². The summed E-state index contributed by atoms with van der Waals surface area (Å²) in [6.45, 7) is 0.710. The Kier molecular flexibility index (Phi) is 6.92.